The molecule has 154 valence electrons. The molecule has 2 atom stereocenters. The lowest BCUT2D eigenvalue weighted by Crippen LogP contribution is -2.52. The molecule has 2 amide bonds. The molecule has 1 saturated heterocycles. The SMILES string of the molecule is C=C(C#N)C(=O)N1CCOC[C@@H]1COC(=O)N[C@@H](CCc1ccccc1)B(O)O. The van der Waals surface area contributed by atoms with Gasteiger partial charge in [0.25, 0.3) is 5.91 Å². The van der Waals surface area contributed by atoms with Gasteiger partial charge in [0.15, 0.2) is 0 Å². The summed E-state index contributed by atoms with van der Waals surface area (Å²) in [6, 6.07) is 10.6. The minimum absolute atomic E-state index is 0.151. The zero-order chi connectivity index (χ0) is 21.2. The van der Waals surface area contributed by atoms with Gasteiger partial charge in [0, 0.05) is 6.54 Å². The average Bonchev–Trinajstić information content (AvgIpc) is 2.74. The molecule has 0 aromatic heterocycles. The van der Waals surface area contributed by atoms with Crippen molar-refractivity contribution in [3.63, 3.8) is 0 Å². The van der Waals surface area contributed by atoms with Crippen LogP contribution in [-0.4, -0.2) is 72.4 Å². The minimum atomic E-state index is -1.75. The summed E-state index contributed by atoms with van der Waals surface area (Å²) in [5.74, 6) is -1.45. The highest BCUT2D eigenvalue weighted by Crippen LogP contribution is 2.12. The number of carbonyl (C=O) groups is 2. The molecular weight excluding hydrogens is 377 g/mol. The van der Waals surface area contributed by atoms with Crippen LogP contribution in [0.5, 0.6) is 0 Å². The molecule has 0 unspecified atom stereocenters. The van der Waals surface area contributed by atoms with E-state index >= 15 is 0 Å². The van der Waals surface area contributed by atoms with Gasteiger partial charge in [-0.15, -0.1) is 0 Å². The molecule has 0 spiro atoms. The van der Waals surface area contributed by atoms with E-state index in [1.807, 2.05) is 30.3 Å². The second kappa shape index (κ2) is 11.2. The lowest BCUT2D eigenvalue weighted by atomic mass is 9.76. The number of aryl methyl sites for hydroxylation is 1. The Balaban J connectivity index is 1.86. The fraction of sp³-hybridized carbons (Fsp3) is 0.421. The molecular formula is C19H24BN3O6. The Hall–Kier alpha value is -2.87. The summed E-state index contributed by atoms with van der Waals surface area (Å²) >= 11 is 0. The molecule has 1 heterocycles. The zero-order valence-corrected chi connectivity index (χ0v) is 16.0. The third-order valence-electron chi connectivity index (χ3n) is 4.54. The van der Waals surface area contributed by atoms with E-state index in [-0.39, 0.29) is 25.3 Å². The van der Waals surface area contributed by atoms with E-state index in [1.165, 1.54) is 4.90 Å². The van der Waals surface area contributed by atoms with Gasteiger partial charge in [-0.3, -0.25) is 4.79 Å². The summed E-state index contributed by atoms with van der Waals surface area (Å²) in [7, 11) is -1.75. The number of carbonyl (C=O) groups excluding carboxylic acids is 2. The van der Waals surface area contributed by atoms with Gasteiger partial charge in [0.05, 0.1) is 25.2 Å². The smallest absolute Gasteiger partial charge is 0.447 e. The van der Waals surface area contributed by atoms with E-state index in [9.17, 15) is 19.6 Å². The number of hydrogen-bond donors (Lipinski definition) is 3. The Morgan fingerprint density at radius 2 is 2.14 bits per heavy atom. The van der Waals surface area contributed by atoms with Crippen LogP contribution in [0, 0.1) is 11.3 Å². The molecule has 1 aromatic rings. The fourth-order valence-corrected chi connectivity index (χ4v) is 2.91. The minimum Gasteiger partial charge on any atom is -0.447 e. The van der Waals surface area contributed by atoms with Crippen LogP contribution in [0.15, 0.2) is 42.5 Å². The molecule has 1 aliphatic heterocycles. The summed E-state index contributed by atoms with van der Waals surface area (Å²) in [5.41, 5.74) is 0.797. The van der Waals surface area contributed by atoms with Crippen LogP contribution in [-0.2, 0) is 20.7 Å². The number of nitriles is 1. The maximum Gasteiger partial charge on any atom is 0.475 e. The van der Waals surface area contributed by atoms with Crippen LogP contribution < -0.4 is 5.32 Å². The molecule has 1 aliphatic rings. The van der Waals surface area contributed by atoms with Crippen LogP contribution in [0.3, 0.4) is 0 Å². The van der Waals surface area contributed by atoms with Crippen molar-refractivity contribution in [1.29, 1.82) is 5.26 Å². The first kappa shape index (κ1) is 22.4. The number of nitrogens with one attached hydrogen (secondary N) is 1. The number of morpholine rings is 1. The number of alkyl carbamates (subject to hydrolysis) is 1. The molecule has 29 heavy (non-hydrogen) atoms. The second-order valence-corrected chi connectivity index (χ2v) is 6.60. The monoisotopic (exact) mass is 401 g/mol. The number of ether oxygens (including phenoxy) is 2. The van der Waals surface area contributed by atoms with Gasteiger partial charge in [-0.05, 0) is 18.4 Å². The van der Waals surface area contributed by atoms with Gasteiger partial charge in [-0.1, -0.05) is 36.9 Å². The molecule has 0 bridgehead atoms. The van der Waals surface area contributed by atoms with Gasteiger partial charge in [-0.25, -0.2) is 4.79 Å². The molecule has 3 N–H and O–H groups in total. The topological polar surface area (TPSA) is 132 Å². The first-order chi connectivity index (χ1) is 13.9. The molecule has 9 nitrogen and oxygen atoms in total. The van der Waals surface area contributed by atoms with Crippen molar-refractivity contribution in [3.8, 4) is 6.07 Å². The van der Waals surface area contributed by atoms with E-state index in [0.717, 1.165) is 5.56 Å². The van der Waals surface area contributed by atoms with Crippen molar-refractivity contribution in [3.05, 3.63) is 48.0 Å². The number of nitrogens with zero attached hydrogens (tertiary/aromatic N) is 2. The van der Waals surface area contributed by atoms with E-state index in [1.54, 1.807) is 6.07 Å². The summed E-state index contributed by atoms with van der Waals surface area (Å²) in [5, 5.41) is 30.3. The standard InChI is InChI=1S/C19H24BN3O6/c1-14(11-21)18(24)23-9-10-28-12-16(23)13-29-19(25)22-17(20(26)27)8-7-15-5-3-2-4-6-15/h2-6,16-17,26-27H,1,7-10,12-13H2,(H,22,25)/t16-,17+/m1/s1. The van der Waals surface area contributed by atoms with E-state index in [4.69, 9.17) is 14.7 Å². The van der Waals surface area contributed by atoms with Crippen LogP contribution in [0.1, 0.15) is 12.0 Å². The van der Waals surface area contributed by atoms with Crippen LogP contribution >= 0.6 is 0 Å². The summed E-state index contributed by atoms with van der Waals surface area (Å²) in [6.07, 6.45) is 0.00202. The van der Waals surface area contributed by atoms with Gasteiger partial charge < -0.3 is 29.7 Å². The molecule has 1 fully saturated rings. The maximum absolute atomic E-state index is 12.2. The van der Waals surface area contributed by atoms with Crippen molar-refractivity contribution < 1.29 is 29.1 Å². The Labute approximate surface area is 169 Å². The second-order valence-electron chi connectivity index (χ2n) is 6.60. The molecule has 0 aliphatic carbocycles. The van der Waals surface area contributed by atoms with Crippen molar-refractivity contribution in [2.75, 3.05) is 26.4 Å². The molecule has 0 radical (unpaired) electrons. The van der Waals surface area contributed by atoms with Crippen molar-refractivity contribution in [2.24, 2.45) is 0 Å². The Morgan fingerprint density at radius 1 is 1.41 bits per heavy atom. The summed E-state index contributed by atoms with van der Waals surface area (Å²) < 4.78 is 10.5. The Morgan fingerprint density at radius 3 is 2.79 bits per heavy atom. The molecule has 1 aromatic carbocycles. The van der Waals surface area contributed by atoms with Gasteiger partial charge in [0.2, 0.25) is 0 Å². The van der Waals surface area contributed by atoms with Crippen LogP contribution in [0.4, 0.5) is 4.79 Å². The summed E-state index contributed by atoms with van der Waals surface area (Å²) in [6.45, 7) is 3.97. The van der Waals surface area contributed by atoms with Crippen LogP contribution in [0.2, 0.25) is 0 Å². The van der Waals surface area contributed by atoms with E-state index < -0.39 is 31.1 Å². The zero-order valence-electron chi connectivity index (χ0n) is 16.0. The number of rotatable bonds is 8. The quantitative estimate of drug-likeness (QED) is 0.318. The molecule has 0 saturated carbocycles. The van der Waals surface area contributed by atoms with Gasteiger partial charge in [0.1, 0.15) is 18.2 Å². The maximum atomic E-state index is 12.2. The summed E-state index contributed by atoms with van der Waals surface area (Å²) in [4.78, 5) is 25.7. The largest absolute Gasteiger partial charge is 0.475 e. The third-order valence-corrected chi connectivity index (χ3v) is 4.54. The van der Waals surface area contributed by atoms with Gasteiger partial charge in [-0.2, -0.15) is 5.26 Å². The normalized spacial score (nSPS) is 17.0. The highest BCUT2D eigenvalue weighted by atomic mass is 16.6. The number of amides is 2. The highest BCUT2D eigenvalue weighted by molar-refractivity contribution is 6.43. The van der Waals surface area contributed by atoms with E-state index in [2.05, 4.69) is 11.9 Å². The molecule has 2 rings (SSSR count). The number of benzene rings is 1. The third kappa shape index (κ3) is 6.91. The number of hydrogen-bond acceptors (Lipinski definition) is 7. The average molecular weight is 401 g/mol. The fourth-order valence-electron chi connectivity index (χ4n) is 2.91. The first-order valence-corrected chi connectivity index (χ1v) is 9.23. The Bertz CT molecular complexity index is 752. The van der Waals surface area contributed by atoms with Crippen molar-refractivity contribution >= 4 is 19.1 Å². The van der Waals surface area contributed by atoms with E-state index in [0.29, 0.717) is 19.4 Å². The lowest BCUT2D eigenvalue weighted by molar-refractivity contribution is -0.137. The highest BCUT2D eigenvalue weighted by Gasteiger charge is 2.31. The van der Waals surface area contributed by atoms with Gasteiger partial charge >= 0.3 is 13.2 Å². The lowest BCUT2D eigenvalue weighted by Gasteiger charge is -2.35. The molecule has 10 heteroatoms. The predicted octanol–water partition coefficient (Wildman–Crippen LogP) is 0.0332. The Kier molecular flexibility index (Phi) is 8.67. The predicted molar refractivity (Wildman–Crippen MR) is 104 cm³/mol. The van der Waals surface area contributed by atoms with Crippen molar-refractivity contribution in [1.82, 2.24) is 10.2 Å². The van der Waals surface area contributed by atoms with Crippen LogP contribution in [0.25, 0.3) is 0 Å². The van der Waals surface area contributed by atoms with Crippen molar-refractivity contribution in [2.45, 2.75) is 24.8 Å². The first-order valence-electron chi connectivity index (χ1n) is 9.23.